The molecule has 1 heteroatoms. The molecule has 1 heterocycles. The molecular formula is C12H15N. The molecule has 0 radical (unpaired) electrons. The average Bonchev–Trinajstić information content (AvgIpc) is 2.97. The first-order valence-corrected chi connectivity index (χ1v) is 4.76. The highest BCUT2D eigenvalue weighted by molar-refractivity contribution is 5.21. The SMILES string of the molecule is C=C[C@@H]1CN1[C@H](C)c1ccccc1. The molecule has 1 nitrogen and oxygen atoms in total. The minimum Gasteiger partial charge on any atom is -0.287 e. The lowest BCUT2D eigenvalue weighted by molar-refractivity contribution is 0.424. The van der Waals surface area contributed by atoms with Crippen molar-refractivity contribution in [3.8, 4) is 0 Å². The third kappa shape index (κ3) is 1.65. The zero-order chi connectivity index (χ0) is 9.26. The molecule has 0 N–H and O–H groups in total. The molecule has 68 valence electrons. The lowest BCUT2D eigenvalue weighted by atomic mass is 10.1. The molecule has 0 aliphatic carbocycles. The smallest absolute Gasteiger partial charge is 0.0410 e. The first-order valence-electron chi connectivity index (χ1n) is 4.76. The number of benzene rings is 1. The summed E-state index contributed by atoms with van der Waals surface area (Å²) in [5.41, 5.74) is 1.40. The predicted molar refractivity (Wildman–Crippen MR) is 55.5 cm³/mol. The van der Waals surface area contributed by atoms with Gasteiger partial charge in [0, 0.05) is 18.6 Å². The first kappa shape index (κ1) is 8.52. The summed E-state index contributed by atoms with van der Waals surface area (Å²) < 4.78 is 0. The average molecular weight is 173 g/mol. The zero-order valence-electron chi connectivity index (χ0n) is 7.98. The van der Waals surface area contributed by atoms with Gasteiger partial charge in [0.25, 0.3) is 0 Å². The zero-order valence-corrected chi connectivity index (χ0v) is 7.98. The summed E-state index contributed by atoms with van der Waals surface area (Å²) in [4.78, 5) is 2.43. The highest BCUT2D eigenvalue weighted by Gasteiger charge is 2.35. The van der Waals surface area contributed by atoms with E-state index in [1.807, 2.05) is 6.08 Å². The van der Waals surface area contributed by atoms with Crippen molar-refractivity contribution in [2.75, 3.05) is 6.54 Å². The summed E-state index contributed by atoms with van der Waals surface area (Å²) >= 11 is 0. The third-order valence-corrected chi connectivity index (χ3v) is 2.74. The highest BCUT2D eigenvalue weighted by Crippen LogP contribution is 2.31. The van der Waals surface area contributed by atoms with Crippen molar-refractivity contribution in [3.63, 3.8) is 0 Å². The topological polar surface area (TPSA) is 3.01 Å². The molecule has 0 bridgehead atoms. The van der Waals surface area contributed by atoms with Crippen LogP contribution in [-0.2, 0) is 0 Å². The van der Waals surface area contributed by atoms with E-state index in [4.69, 9.17) is 0 Å². The summed E-state index contributed by atoms with van der Waals surface area (Å²) in [7, 11) is 0. The van der Waals surface area contributed by atoms with E-state index in [1.165, 1.54) is 12.1 Å². The number of rotatable bonds is 3. The molecule has 0 amide bonds. The second-order valence-corrected chi connectivity index (χ2v) is 3.59. The van der Waals surface area contributed by atoms with Gasteiger partial charge >= 0.3 is 0 Å². The van der Waals surface area contributed by atoms with Gasteiger partial charge in [-0.15, -0.1) is 6.58 Å². The van der Waals surface area contributed by atoms with Gasteiger partial charge in [-0.25, -0.2) is 0 Å². The van der Waals surface area contributed by atoms with E-state index in [2.05, 4.69) is 48.7 Å². The normalized spacial score (nSPS) is 28.1. The highest BCUT2D eigenvalue weighted by atomic mass is 15.3. The van der Waals surface area contributed by atoms with Gasteiger partial charge in [0.05, 0.1) is 0 Å². The minimum atomic E-state index is 0.532. The Morgan fingerprint density at radius 3 is 2.69 bits per heavy atom. The molecule has 1 aliphatic rings. The molecule has 13 heavy (non-hydrogen) atoms. The van der Waals surface area contributed by atoms with E-state index in [0.29, 0.717) is 12.1 Å². The maximum absolute atomic E-state index is 3.81. The number of hydrogen-bond acceptors (Lipinski definition) is 1. The van der Waals surface area contributed by atoms with Gasteiger partial charge in [0.1, 0.15) is 0 Å². The van der Waals surface area contributed by atoms with Crippen LogP contribution in [0.3, 0.4) is 0 Å². The molecule has 3 atom stereocenters. The first-order chi connectivity index (χ1) is 6.33. The molecule has 0 spiro atoms. The van der Waals surface area contributed by atoms with Gasteiger partial charge in [-0.2, -0.15) is 0 Å². The van der Waals surface area contributed by atoms with Gasteiger partial charge in [-0.1, -0.05) is 36.4 Å². The molecule has 1 fully saturated rings. The van der Waals surface area contributed by atoms with Gasteiger partial charge < -0.3 is 0 Å². The molecule has 0 aromatic heterocycles. The maximum atomic E-state index is 3.81. The minimum absolute atomic E-state index is 0.532. The van der Waals surface area contributed by atoms with Crippen molar-refractivity contribution < 1.29 is 0 Å². The van der Waals surface area contributed by atoms with E-state index in [-0.39, 0.29) is 0 Å². The maximum Gasteiger partial charge on any atom is 0.0410 e. The number of nitrogens with zero attached hydrogens (tertiary/aromatic N) is 1. The van der Waals surface area contributed by atoms with Crippen LogP contribution < -0.4 is 0 Å². The fraction of sp³-hybridized carbons (Fsp3) is 0.333. The van der Waals surface area contributed by atoms with Crippen molar-refractivity contribution in [3.05, 3.63) is 48.6 Å². The van der Waals surface area contributed by atoms with Crippen LogP contribution in [0.4, 0.5) is 0 Å². The van der Waals surface area contributed by atoms with E-state index < -0.39 is 0 Å². The van der Waals surface area contributed by atoms with Crippen LogP contribution in [0.2, 0.25) is 0 Å². The Labute approximate surface area is 79.7 Å². The summed E-state index contributed by atoms with van der Waals surface area (Å²) in [6.07, 6.45) is 2.03. The molecule has 1 aromatic carbocycles. The summed E-state index contributed by atoms with van der Waals surface area (Å²) in [5.74, 6) is 0. The number of hydrogen-bond donors (Lipinski definition) is 0. The molecule has 1 aliphatic heterocycles. The van der Waals surface area contributed by atoms with Gasteiger partial charge in [-0.3, -0.25) is 4.90 Å². The Morgan fingerprint density at radius 2 is 2.15 bits per heavy atom. The Kier molecular flexibility index (Phi) is 2.19. The van der Waals surface area contributed by atoms with Crippen molar-refractivity contribution in [2.24, 2.45) is 0 Å². The van der Waals surface area contributed by atoms with Crippen molar-refractivity contribution >= 4 is 0 Å². The van der Waals surface area contributed by atoms with Crippen molar-refractivity contribution in [2.45, 2.75) is 19.0 Å². The van der Waals surface area contributed by atoms with Crippen molar-refractivity contribution in [1.82, 2.24) is 4.90 Å². The molecule has 2 rings (SSSR count). The van der Waals surface area contributed by atoms with Crippen LogP contribution in [0, 0.1) is 0 Å². The molecule has 1 aromatic rings. The third-order valence-electron chi connectivity index (χ3n) is 2.74. The molecule has 0 saturated carbocycles. The van der Waals surface area contributed by atoms with E-state index in [0.717, 1.165) is 0 Å². The monoisotopic (exact) mass is 173 g/mol. The van der Waals surface area contributed by atoms with Crippen molar-refractivity contribution in [1.29, 1.82) is 0 Å². The van der Waals surface area contributed by atoms with E-state index >= 15 is 0 Å². The second-order valence-electron chi connectivity index (χ2n) is 3.59. The van der Waals surface area contributed by atoms with E-state index in [1.54, 1.807) is 0 Å². The van der Waals surface area contributed by atoms with Crippen LogP contribution in [0.5, 0.6) is 0 Å². The fourth-order valence-electron chi connectivity index (χ4n) is 1.75. The van der Waals surface area contributed by atoms with Crippen LogP contribution >= 0.6 is 0 Å². The summed E-state index contributed by atoms with van der Waals surface area (Å²) in [6.45, 7) is 7.22. The van der Waals surface area contributed by atoms with Gasteiger partial charge in [0.2, 0.25) is 0 Å². The van der Waals surface area contributed by atoms with Gasteiger partial charge in [0.15, 0.2) is 0 Å². The molecule has 1 unspecified atom stereocenters. The van der Waals surface area contributed by atoms with Crippen LogP contribution in [0.1, 0.15) is 18.5 Å². The quantitative estimate of drug-likeness (QED) is 0.501. The Hall–Kier alpha value is -1.08. The molecule has 1 saturated heterocycles. The van der Waals surface area contributed by atoms with E-state index in [9.17, 15) is 0 Å². The van der Waals surface area contributed by atoms with Crippen LogP contribution in [0.25, 0.3) is 0 Å². The molecular weight excluding hydrogens is 158 g/mol. The summed E-state index contributed by atoms with van der Waals surface area (Å²) in [6, 6.07) is 11.8. The lowest BCUT2D eigenvalue weighted by Gasteiger charge is -2.13. The Morgan fingerprint density at radius 1 is 1.46 bits per heavy atom. The second kappa shape index (κ2) is 3.35. The standard InChI is InChI=1S/C12H15N/c1-3-12-9-13(12)10(2)11-7-5-4-6-8-11/h3-8,10,12H,1,9H2,2H3/t10-,12-,13?/m1/s1. The fourth-order valence-corrected chi connectivity index (χ4v) is 1.75. The Balaban J connectivity index is 2.07. The van der Waals surface area contributed by atoms with Crippen LogP contribution in [0.15, 0.2) is 43.0 Å². The predicted octanol–water partition coefficient (Wildman–Crippen LogP) is 2.62. The van der Waals surface area contributed by atoms with Crippen LogP contribution in [-0.4, -0.2) is 17.5 Å². The lowest BCUT2D eigenvalue weighted by Crippen LogP contribution is -2.07. The Bertz CT molecular complexity index is 291. The largest absolute Gasteiger partial charge is 0.287 e. The van der Waals surface area contributed by atoms with Gasteiger partial charge in [-0.05, 0) is 12.5 Å². The summed E-state index contributed by atoms with van der Waals surface area (Å²) in [5, 5.41) is 0.